The highest BCUT2D eigenvalue weighted by Crippen LogP contribution is 2.35. The largest absolute Gasteiger partial charge is 0.457 e. The summed E-state index contributed by atoms with van der Waals surface area (Å²) < 4.78 is 44.9. The van der Waals surface area contributed by atoms with Crippen LogP contribution in [-0.4, -0.2) is 0 Å². The Balaban J connectivity index is 2.36. The second-order valence-corrected chi connectivity index (χ2v) is 5.45. The van der Waals surface area contributed by atoms with E-state index in [1.165, 1.54) is 12.1 Å². The van der Waals surface area contributed by atoms with Gasteiger partial charge in [-0.2, -0.15) is 13.2 Å². The third-order valence-electron chi connectivity index (χ3n) is 2.98. The molecule has 0 saturated heterocycles. The normalized spacial score (nSPS) is 11.5. The molecule has 2 N–H and O–H groups in total. The first kappa shape index (κ1) is 15.9. The Hall–Kier alpha value is -1.53. The summed E-state index contributed by atoms with van der Waals surface area (Å²) in [5.74, 6) is 0.900. The summed E-state index contributed by atoms with van der Waals surface area (Å²) in [6.45, 7) is 1.65. The molecule has 0 aliphatic rings. The zero-order valence-corrected chi connectivity index (χ0v) is 12.8. The lowest BCUT2D eigenvalue weighted by molar-refractivity contribution is -0.138. The smallest absolute Gasteiger partial charge is 0.416 e. The minimum absolute atomic E-state index is 0.00708. The van der Waals surface area contributed by atoms with Crippen LogP contribution in [0.25, 0.3) is 0 Å². The van der Waals surface area contributed by atoms with Gasteiger partial charge in [0.25, 0.3) is 0 Å². The van der Waals surface area contributed by atoms with Gasteiger partial charge in [0.15, 0.2) is 0 Å². The molecule has 0 heterocycles. The van der Waals surface area contributed by atoms with Gasteiger partial charge in [-0.25, -0.2) is 0 Å². The van der Waals surface area contributed by atoms with Gasteiger partial charge in [-0.3, -0.25) is 0 Å². The van der Waals surface area contributed by atoms with Crippen LogP contribution in [0.3, 0.4) is 0 Å². The predicted octanol–water partition coefficient (Wildman–Crippen LogP) is 5.03. The van der Waals surface area contributed by atoms with Gasteiger partial charge in [0.2, 0.25) is 0 Å². The number of nitrogens with two attached hydrogens (primary N) is 1. The van der Waals surface area contributed by atoms with Crippen molar-refractivity contribution in [2.75, 3.05) is 0 Å². The number of hydrogen-bond acceptors (Lipinski definition) is 2. The van der Waals surface area contributed by atoms with Crippen molar-refractivity contribution in [1.82, 2.24) is 0 Å². The average Bonchev–Trinajstić information content (AvgIpc) is 2.41. The molecule has 2 aromatic carbocycles. The van der Waals surface area contributed by atoms with Crippen LogP contribution in [0.2, 0.25) is 0 Å². The topological polar surface area (TPSA) is 35.2 Å². The van der Waals surface area contributed by atoms with Crippen molar-refractivity contribution in [3.63, 3.8) is 0 Å². The number of benzene rings is 2. The Bertz CT molecular complexity index is 656. The van der Waals surface area contributed by atoms with E-state index in [9.17, 15) is 13.2 Å². The van der Waals surface area contributed by atoms with E-state index in [0.717, 1.165) is 16.1 Å². The summed E-state index contributed by atoms with van der Waals surface area (Å²) in [6, 6.07) is 9.08. The number of halogens is 4. The number of rotatable bonds is 3. The molecular weight excluding hydrogens is 347 g/mol. The van der Waals surface area contributed by atoms with Gasteiger partial charge < -0.3 is 10.5 Å². The van der Waals surface area contributed by atoms with Gasteiger partial charge in [0.1, 0.15) is 11.5 Å². The molecular formula is C15H13BrF3NO. The van der Waals surface area contributed by atoms with Crippen LogP contribution in [0.1, 0.15) is 16.7 Å². The zero-order chi connectivity index (χ0) is 15.6. The number of aryl methyl sites for hydroxylation is 1. The first-order valence-electron chi connectivity index (χ1n) is 6.15. The molecule has 2 aromatic rings. The maximum Gasteiger partial charge on any atom is 0.416 e. The van der Waals surface area contributed by atoms with Crippen molar-refractivity contribution < 1.29 is 17.9 Å². The van der Waals surface area contributed by atoms with Gasteiger partial charge in [0.05, 0.1) is 5.56 Å². The molecule has 0 saturated carbocycles. The Labute approximate surface area is 128 Å². The Morgan fingerprint density at radius 1 is 1.14 bits per heavy atom. The standard InChI is InChI=1S/C15H13BrF3NO/c1-9-2-3-11(16)7-14(9)21-12-4-5-13(15(17,18)19)10(6-12)8-20/h2-7H,8,20H2,1H3. The van der Waals surface area contributed by atoms with Gasteiger partial charge in [0, 0.05) is 11.0 Å². The third kappa shape index (κ3) is 3.77. The molecule has 21 heavy (non-hydrogen) atoms. The van der Waals surface area contributed by atoms with Crippen molar-refractivity contribution in [3.8, 4) is 11.5 Å². The summed E-state index contributed by atoms with van der Waals surface area (Å²) in [4.78, 5) is 0. The summed E-state index contributed by atoms with van der Waals surface area (Å²) in [7, 11) is 0. The Morgan fingerprint density at radius 3 is 2.48 bits per heavy atom. The van der Waals surface area contributed by atoms with Gasteiger partial charge in [-0.1, -0.05) is 22.0 Å². The van der Waals surface area contributed by atoms with Crippen LogP contribution in [0.5, 0.6) is 11.5 Å². The van der Waals surface area contributed by atoms with Crippen LogP contribution >= 0.6 is 15.9 Å². The van der Waals surface area contributed by atoms with E-state index in [1.54, 1.807) is 6.07 Å². The van der Waals surface area contributed by atoms with Gasteiger partial charge in [-0.05, 0) is 48.4 Å². The summed E-state index contributed by atoms with van der Waals surface area (Å²) in [6.07, 6.45) is -4.42. The Morgan fingerprint density at radius 2 is 1.86 bits per heavy atom. The predicted molar refractivity (Wildman–Crippen MR) is 78.3 cm³/mol. The zero-order valence-electron chi connectivity index (χ0n) is 11.2. The van der Waals surface area contributed by atoms with E-state index < -0.39 is 11.7 Å². The molecule has 0 spiro atoms. The molecule has 0 aliphatic heterocycles. The number of hydrogen-bond donors (Lipinski definition) is 1. The van der Waals surface area contributed by atoms with Crippen LogP contribution in [0.15, 0.2) is 40.9 Å². The van der Waals surface area contributed by atoms with Crippen LogP contribution in [-0.2, 0) is 12.7 Å². The molecule has 0 bridgehead atoms. The molecule has 0 atom stereocenters. The van der Waals surface area contributed by atoms with E-state index in [1.807, 2.05) is 19.1 Å². The van der Waals surface area contributed by atoms with Crippen molar-refractivity contribution in [1.29, 1.82) is 0 Å². The van der Waals surface area contributed by atoms with Gasteiger partial charge >= 0.3 is 6.18 Å². The van der Waals surface area contributed by atoms with Crippen LogP contribution in [0, 0.1) is 6.92 Å². The van der Waals surface area contributed by atoms with Crippen LogP contribution in [0.4, 0.5) is 13.2 Å². The van der Waals surface area contributed by atoms with Gasteiger partial charge in [-0.15, -0.1) is 0 Å². The molecule has 0 fully saturated rings. The molecule has 0 aliphatic carbocycles. The first-order valence-corrected chi connectivity index (χ1v) is 6.95. The number of ether oxygens (including phenoxy) is 1. The fourth-order valence-electron chi connectivity index (χ4n) is 1.89. The SMILES string of the molecule is Cc1ccc(Br)cc1Oc1ccc(C(F)(F)F)c(CN)c1. The van der Waals surface area contributed by atoms with Crippen molar-refractivity contribution in [2.24, 2.45) is 5.73 Å². The minimum Gasteiger partial charge on any atom is -0.457 e. The molecule has 0 radical (unpaired) electrons. The highest BCUT2D eigenvalue weighted by Gasteiger charge is 2.33. The molecule has 0 aromatic heterocycles. The highest BCUT2D eigenvalue weighted by atomic mass is 79.9. The monoisotopic (exact) mass is 359 g/mol. The summed E-state index contributed by atoms with van der Waals surface area (Å²) >= 11 is 3.33. The maximum absolute atomic E-state index is 12.8. The van der Waals surface area contributed by atoms with E-state index in [-0.39, 0.29) is 12.1 Å². The lowest BCUT2D eigenvalue weighted by atomic mass is 10.1. The van der Waals surface area contributed by atoms with Crippen molar-refractivity contribution in [2.45, 2.75) is 19.6 Å². The van der Waals surface area contributed by atoms with E-state index in [4.69, 9.17) is 10.5 Å². The second-order valence-electron chi connectivity index (χ2n) is 4.53. The van der Waals surface area contributed by atoms with Crippen molar-refractivity contribution >= 4 is 15.9 Å². The maximum atomic E-state index is 12.8. The number of alkyl halides is 3. The molecule has 0 unspecified atom stereocenters. The van der Waals surface area contributed by atoms with E-state index in [2.05, 4.69) is 15.9 Å². The van der Waals surface area contributed by atoms with Crippen molar-refractivity contribution in [3.05, 3.63) is 57.6 Å². The molecule has 2 nitrogen and oxygen atoms in total. The quantitative estimate of drug-likeness (QED) is 0.834. The highest BCUT2D eigenvalue weighted by molar-refractivity contribution is 9.10. The first-order chi connectivity index (χ1) is 9.81. The average molecular weight is 360 g/mol. The Kier molecular flexibility index (Phi) is 4.58. The summed E-state index contributed by atoms with van der Waals surface area (Å²) in [5.41, 5.74) is 5.56. The molecule has 112 valence electrons. The molecule has 6 heteroatoms. The lowest BCUT2D eigenvalue weighted by Gasteiger charge is -2.14. The fourth-order valence-corrected chi connectivity index (χ4v) is 2.23. The minimum atomic E-state index is -4.42. The molecule has 2 rings (SSSR count). The third-order valence-corrected chi connectivity index (χ3v) is 3.47. The fraction of sp³-hybridized carbons (Fsp3) is 0.200. The second kappa shape index (κ2) is 6.07. The summed E-state index contributed by atoms with van der Waals surface area (Å²) in [5, 5.41) is 0. The van der Waals surface area contributed by atoms with E-state index in [0.29, 0.717) is 11.5 Å². The lowest BCUT2D eigenvalue weighted by Crippen LogP contribution is -2.11. The van der Waals surface area contributed by atoms with E-state index >= 15 is 0 Å². The molecule has 0 amide bonds. The van der Waals surface area contributed by atoms with Crippen LogP contribution < -0.4 is 10.5 Å².